The molecule has 1 aromatic carbocycles. The van der Waals surface area contributed by atoms with Crippen molar-refractivity contribution in [3.63, 3.8) is 0 Å². The molecule has 0 atom stereocenters. The van der Waals surface area contributed by atoms with Gasteiger partial charge in [-0.2, -0.15) is 0 Å². The van der Waals surface area contributed by atoms with Crippen molar-refractivity contribution < 1.29 is 9.47 Å². The Morgan fingerprint density at radius 1 is 1.23 bits per heavy atom. The molecule has 2 aromatic heterocycles. The third kappa shape index (κ3) is 3.58. The summed E-state index contributed by atoms with van der Waals surface area (Å²) < 4.78 is 12.5. The van der Waals surface area contributed by atoms with Gasteiger partial charge >= 0.3 is 0 Å². The monoisotopic (exact) mass is 425 g/mol. The molecule has 0 unspecified atom stereocenters. The lowest BCUT2D eigenvalue weighted by Gasteiger charge is -2.22. The SMILES string of the molecule is C=CCn1c(N(C)Cc2ccc(OC)c(OC)c2)nc2sc3c(c2c1=O)CCCC3. The van der Waals surface area contributed by atoms with E-state index in [-0.39, 0.29) is 5.56 Å². The van der Waals surface area contributed by atoms with Gasteiger partial charge in [0.1, 0.15) is 4.83 Å². The summed E-state index contributed by atoms with van der Waals surface area (Å²) in [5, 5.41) is 0.805. The molecule has 0 saturated carbocycles. The molecule has 158 valence electrons. The molecule has 0 aliphatic heterocycles. The van der Waals surface area contributed by atoms with Crippen LogP contribution >= 0.6 is 11.3 Å². The summed E-state index contributed by atoms with van der Waals surface area (Å²) in [6.07, 6.45) is 6.10. The molecule has 30 heavy (non-hydrogen) atoms. The van der Waals surface area contributed by atoms with Crippen molar-refractivity contribution in [3.8, 4) is 11.5 Å². The highest BCUT2D eigenvalue weighted by Crippen LogP contribution is 2.35. The fourth-order valence-corrected chi connectivity index (χ4v) is 5.38. The Bertz CT molecular complexity index is 1150. The minimum atomic E-state index is 0.0356. The van der Waals surface area contributed by atoms with Crippen LogP contribution in [0.4, 0.5) is 5.95 Å². The number of hydrogen-bond donors (Lipinski definition) is 0. The van der Waals surface area contributed by atoms with Gasteiger partial charge in [-0.3, -0.25) is 9.36 Å². The smallest absolute Gasteiger partial charge is 0.264 e. The molecule has 6 nitrogen and oxygen atoms in total. The van der Waals surface area contributed by atoms with E-state index >= 15 is 0 Å². The normalized spacial score (nSPS) is 13.2. The van der Waals surface area contributed by atoms with Crippen LogP contribution in [0.15, 0.2) is 35.6 Å². The number of allylic oxidation sites excluding steroid dienone is 1. The minimum absolute atomic E-state index is 0.0356. The minimum Gasteiger partial charge on any atom is -0.493 e. The Kier molecular flexibility index (Phi) is 5.81. The van der Waals surface area contributed by atoms with Crippen LogP contribution in [0.5, 0.6) is 11.5 Å². The molecular weight excluding hydrogens is 398 g/mol. The lowest BCUT2D eigenvalue weighted by atomic mass is 9.97. The molecule has 0 saturated heterocycles. The van der Waals surface area contributed by atoms with Gasteiger partial charge in [0.05, 0.1) is 19.6 Å². The molecule has 2 heterocycles. The first-order chi connectivity index (χ1) is 14.6. The largest absolute Gasteiger partial charge is 0.493 e. The van der Waals surface area contributed by atoms with Gasteiger partial charge in [-0.25, -0.2) is 4.98 Å². The zero-order chi connectivity index (χ0) is 21.3. The Morgan fingerprint density at radius 3 is 2.73 bits per heavy atom. The van der Waals surface area contributed by atoms with Crippen LogP contribution in [0.3, 0.4) is 0 Å². The van der Waals surface area contributed by atoms with Crippen molar-refractivity contribution in [2.45, 2.75) is 38.8 Å². The van der Waals surface area contributed by atoms with Crippen molar-refractivity contribution in [2.24, 2.45) is 0 Å². The van der Waals surface area contributed by atoms with Gasteiger partial charge in [-0.15, -0.1) is 17.9 Å². The summed E-state index contributed by atoms with van der Waals surface area (Å²) in [7, 11) is 5.20. The molecule has 1 aliphatic rings. The van der Waals surface area contributed by atoms with Crippen LogP contribution in [0.1, 0.15) is 28.8 Å². The lowest BCUT2D eigenvalue weighted by molar-refractivity contribution is 0.354. The lowest BCUT2D eigenvalue weighted by Crippen LogP contribution is -2.30. The molecule has 7 heteroatoms. The van der Waals surface area contributed by atoms with Crippen molar-refractivity contribution in [3.05, 3.63) is 57.2 Å². The third-order valence-corrected chi connectivity index (χ3v) is 6.76. The van der Waals surface area contributed by atoms with E-state index in [0.29, 0.717) is 30.5 Å². The number of anilines is 1. The highest BCUT2D eigenvalue weighted by atomic mass is 32.1. The van der Waals surface area contributed by atoms with E-state index < -0.39 is 0 Å². The maximum Gasteiger partial charge on any atom is 0.264 e. The first kappa shape index (κ1) is 20.5. The predicted molar refractivity (Wildman–Crippen MR) is 122 cm³/mol. The summed E-state index contributed by atoms with van der Waals surface area (Å²) in [5.41, 5.74) is 2.29. The number of aromatic nitrogens is 2. The van der Waals surface area contributed by atoms with Crippen LogP contribution in [-0.4, -0.2) is 30.8 Å². The second kappa shape index (κ2) is 8.52. The van der Waals surface area contributed by atoms with Gasteiger partial charge in [0, 0.05) is 25.0 Å². The van der Waals surface area contributed by atoms with Crippen LogP contribution in [0.25, 0.3) is 10.2 Å². The van der Waals surface area contributed by atoms with E-state index in [9.17, 15) is 4.79 Å². The number of rotatable bonds is 7. The average Bonchev–Trinajstić information content (AvgIpc) is 3.14. The number of ether oxygens (including phenoxy) is 2. The quantitative estimate of drug-likeness (QED) is 0.532. The van der Waals surface area contributed by atoms with Crippen LogP contribution in [0, 0.1) is 0 Å². The van der Waals surface area contributed by atoms with Crippen molar-refractivity contribution in [1.29, 1.82) is 0 Å². The molecule has 0 N–H and O–H groups in total. The standard InChI is InChI=1S/C23H27N3O3S/c1-5-12-26-22(27)20-16-8-6-7-9-19(16)30-21(20)24-23(26)25(2)14-15-10-11-17(28-3)18(13-15)29-4/h5,10-11,13H,1,6-9,12,14H2,2-4H3. The summed E-state index contributed by atoms with van der Waals surface area (Å²) in [5.74, 6) is 2.03. The van der Waals surface area contributed by atoms with E-state index in [0.717, 1.165) is 35.0 Å². The van der Waals surface area contributed by atoms with E-state index in [1.165, 1.54) is 16.9 Å². The Hall–Kier alpha value is -2.80. The van der Waals surface area contributed by atoms with E-state index in [4.69, 9.17) is 14.5 Å². The first-order valence-electron chi connectivity index (χ1n) is 10.2. The van der Waals surface area contributed by atoms with Gasteiger partial charge in [-0.1, -0.05) is 12.1 Å². The molecule has 1 aliphatic carbocycles. The maximum atomic E-state index is 13.4. The first-order valence-corrected chi connectivity index (χ1v) is 11.0. The second-order valence-corrected chi connectivity index (χ2v) is 8.64. The fourth-order valence-electron chi connectivity index (χ4n) is 4.14. The van der Waals surface area contributed by atoms with E-state index in [1.807, 2.05) is 30.1 Å². The fraction of sp³-hybridized carbons (Fsp3) is 0.391. The number of nitrogens with zero attached hydrogens (tertiary/aromatic N) is 3. The van der Waals surface area contributed by atoms with Crippen molar-refractivity contribution in [1.82, 2.24) is 9.55 Å². The molecule has 4 rings (SSSR count). The topological polar surface area (TPSA) is 56.6 Å². The highest BCUT2D eigenvalue weighted by Gasteiger charge is 2.23. The summed E-state index contributed by atoms with van der Waals surface area (Å²) in [4.78, 5) is 22.5. The van der Waals surface area contributed by atoms with Gasteiger partial charge in [0.2, 0.25) is 5.95 Å². The van der Waals surface area contributed by atoms with Crippen LogP contribution in [0.2, 0.25) is 0 Å². The molecule has 0 spiro atoms. The third-order valence-electron chi connectivity index (χ3n) is 5.58. The number of hydrogen-bond acceptors (Lipinski definition) is 6. The second-order valence-electron chi connectivity index (χ2n) is 7.55. The zero-order valence-corrected chi connectivity index (χ0v) is 18.6. The van der Waals surface area contributed by atoms with Gasteiger partial charge in [-0.05, 0) is 48.9 Å². The average molecular weight is 426 g/mol. The van der Waals surface area contributed by atoms with Crippen LogP contribution in [-0.2, 0) is 25.9 Å². The summed E-state index contributed by atoms with van der Waals surface area (Å²) in [6, 6.07) is 5.84. The highest BCUT2D eigenvalue weighted by molar-refractivity contribution is 7.18. The van der Waals surface area contributed by atoms with E-state index in [1.54, 1.807) is 36.2 Å². The Labute approximate surface area is 180 Å². The molecule has 0 amide bonds. The predicted octanol–water partition coefficient (Wildman–Crippen LogP) is 4.18. The molecule has 0 fully saturated rings. The molecular formula is C23H27N3O3S. The Morgan fingerprint density at radius 2 is 2.00 bits per heavy atom. The number of fused-ring (bicyclic) bond motifs is 3. The van der Waals surface area contributed by atoms with Gasteiger partial charge in [0.15, 0.2) is 11.5 Å². The van der Waals surface area contributed by atoms with Crippen LogP contribution < -0.4 is 19.9 Å². The number of thiophene rings is 1. The van der Waals surface area contributed by atoms with Crippen molar-refractivity contribution in [2.75, 3.05) is 26.2 Å². The number of methoxy groups -OCH3 is 2. The molecule has 3 aromatic rings. The number of benzene rings is 1. The van der Waals surface area contributed by atoms with Gasteiger partial charge in [0.25, 0.3) is 5.56 Å². The summed E-state index contributed by atoms with van der Waals surface area (Å²) in [6.45, 7) is 4.86. The van der Waals surface area contributed by atoms with E-state index in [2.05, 4.69) is 6.58 Å². The number of aryl methyl sites for hydroxylation is 2. The Balaban J connectivity index is 1.76. The van der Waals surface area contributed by atoms with Crippen molar-refractivity contribution >= 4 is 27.5 Å². The zero-order valence-electron chi connectivity index (χ0n) is 17.7. The maximum absolute atomic E-state index is 13.4. The van der Waals surface area contributed by atoms with Gasteiger partial charge < -0.3 is 14.4 Å². The molecule has 0 bridgehead atoms. The summed E-state index contributed by atoms with van der Waals surface area (Å²) >= 11 is 1.68. The molecule has 0 radical (unpaired) electrons.